The summed E-state index contributed by atoms with van der Waals surface area (Å²) in [6, 6.07) is 4.62. The summed E-state index contributed by atoms with van der Waals surface area (Å²) in [7, 11) is 1.25. The number of anilines is 1. The maximum atomic E-state index is 11.8. The molecule has 1 aromatic rings. The van der Waals surface area contributed by atoms with Gasteiger partial charge in [0.05, 0.1) is 26.6 Å². The van der Waals surface area contributed by atoms with Crippen molar-refractivity contribution in [1.29, 1.82) is 0 Å². The normalized spacial score (nSPS) is 10.2. The molecule has 0 unspecified atom stereocenters. The first-order valence-corrected chi connectivity index (χ1v) is 7.00. The van der Waals surface area contributed by atoms with Crippen molar-refractivity contribution in [3.63, 3.8) is 0 Å². The molecule has 0 saturated carbocycles. The Kier molecular flexibility index (Phi) is 8.41. The summed E-state index contributed by atoms with van der Waals surface area (Å²) in [5.74, 6) is -1.98. The minimum Gasteiger partial charge on any atom is -0.481 e. The van der Waals surface area contributed by atoms with Crippen LogP contribution in [-0.4, -0.2) is 55.1 Å². The zero-order chi connectivity index (χ0) is 17.9. The van der Waals surface area contributed by atoms with Crippen molar-refractivity contribution in [2.75, 3.05) is 32.2 Å². The van der Waals surface area contributed by atoms with E-state index in [0.717, 1.165) is 0 Å². The molecule has 0 saturated heterocycles. The van der Waals surface area contributed by atoms with E-state index in [9.17, 15) is 14.4 Å². The highest BCUT2D eigenvalue weighted by Crippen LogP contribution is 2.17. The highest BCUT2D eigenvalue weighted by Gasteiger charge is 2.10. The molecule has 1 rings (SSSR count). The van der Waals surface area contributed by atoms with Gasteiger partial charge in [0.25, 0.3) is 0 Å². The molecule has 3 N–H and O–H groups in total. The van der Waals surface area contributed by atoms with E-state index >= 15 is 0 Å². The van der Waals surface area contributed by atoms with Crippen LogP contribution in [0.2, 0.25) is 0 Å². The van der Waals surface area contributed by atoms with Gasteiger partial charge in [0.2, 0.25) is 5.91 Å². The number of ether oxygens (including phenoxy) is 2. The molecule has 0 aliphatic rings. The summed E-state index contributed by atoms with van der Waals surface area (Å²) in [6.07, 6.45) is -0.292. The van der Waals surface area contributed by atoms with E-state index in [-0.39, 0.29) is 32.7 Å². The van der Waals surface area contributed by atoms with Gasteiger partial charge < -0.3 is 19.9 Å². The predicted octanol–water partition coefficient (Wildman–Crippen LogP) is 0.474. The molecule has 1 amide bonds. The molecule has 9 heteroatoms. The molecule has 0 atom stereocenters. The lowest BCUT2D eigenvalue weighted by molar-refractivity contribution is -0.248. The van der Waals surface area contributed by atoms with E-state index in [1.165, 1.54) is 13.2 Å². The molecule has 0 aliphatic heterocycles. The molecule has 0 bridgehead atoms. The van der Waals surface area contributed by atoms with E-state index in [1.54, 1.807) is 12.1 Å². The molecular formula is C15H19NO8. The Hall–Kier alpha value is -2.49. The first-order valence-electron chi connectivity index (χ1n) is 7.00. The lowest BCUT2D eigenvalue weighted by Gasteiger charge is -2.10. The van der Waals surface area contributed by atoms with Crippen LogP contribution in [0.3, 0.4) is 0 Å². The molecule has 0 heterocycles. The number of rotatable bonds is 10. The number of hydrogen-bond acceptors (Lipinski definition) is 7. The van der Waals surface area contributed by atoms with Gasteiger partial charge in [0, 0.05) is 5.69 Å². The Morgan fingerprint density at radius 1 is 1.08 bits per heavy atom. The lowest BCUT2D eigenvalue weighted by atomic mass is 10.0. The van der Waals surface area contributed by atoms with Crippen LogP contribution in [-0.2, 0) is 41.6 Å². The molecule has 132 valence electrons. The Morgan fingerprint density at radius 2 is 1.75 bits per heavy atom. The molecule has 0 aromatic heterocycles. The fraction of sp³-hybridized carbons (Fsp3) is 0.400. The van der Waals surface area contributed by atoms with Crippen LogP contribution >= 0.6 is 0 Å². The van der Waals surface area contributed by atoms with Crippen molar-refractivity contribution >= 4 is 23.5 Å². The van der Waals surface area contributed by atoms with Crippen molar-refractivity contribution < 1.29 is 39.1 Å². The average molecular weight is 341 g/mol. The summed E-state index contributed by atoms with van der Waals surface area (Å²) >= 11 is 0. The van der Waals surface area contributed by atoms with Crippen LogP contribution in [0, 0.1) is 0 Å². The fourth-order valence-corrected chi connectivity index (χ4v) is 1.91. The van der Waals surface area contributed by atoms with Gasteiger partial charge in [-0.2, -0.15) is 0 Å². The maximum Gasteiger partial charge on any atom is 0.309 e. The SMILES string of the molecule is COC(=O)Cc1cc(CC(=O)O)cc(NC(=O)COCCOO)c1. The Balaban J connectivity index is 2.79. The van der Waals surface area contributed by atoms with Crippen molar-refractivity contribution in [2.45, 2.75) is 12.8 Å². The molecule has 1 aromatic carbocycles. The second-order valence-electron chi connectivity index (χ2n) is 4.80. The summed E-state index contributed by atoms with van der Waals surface area (Å²) < 4.78 is 9.53. The van der Waals surface area contributed by atoms with E-state index in [2.05, 4.69) is 14.9 Å². The summed E-state index contributed by atoms with van der Waals surface area (Å²) in [6.45, 7) is -0.292. The second kappa shape index (κ2) is 10.3. The van der Waals surface area contributed by atoms with Crippen molar-refractivity contribution in [1.82, 2.24) is 0 Å². The number of carbonyl (C=O) groups is 3. The number of aliphatic carboxylic acids is 1. The highest BCUT2D eigenvalue weighted by molar-refractivity contribution is 5.92. The number of nitrogens with one attached hydrogen (secondary N) is 1. The summed E-state index contributed by atoms with van der Waals surface area (Å²) in [4.78, 5) is 37.8. The third-order valence-corrected chi connectivity index (χ3v) is 2.82. The monoisotopic (exact) mass is 341 g/mol. The molecular weight excluding hydrogens is 322 g/mol. The van der Waals surface area contributed by atoms with Crippen LogP contribution in [0.25, 0.3) is 0 Å². The number of benzene rings is 1. The smallest absolute Gasteiger partial charge is 0.309 e. The number of carboxylic acids is 1. The van der Waals surface area contributed by atoms with Gasteiger partial charge in [0.15, 0.2) is 0 Å². The largest absolute Gasteiger partial charge is 0.481 e. The van der Waals surface area contributed by atoms with Gasteiger partial charge in [-0.05, 0) is 23.3 Å². The Labute approximate surface area is 138 Å². The van der Waals surface area contributed by atoms with Crippen LogP contribution in [0.4, 0.5) is 5.69 Å². The Bertz CT molecular complexity index is 587. The molecule has 9 nitrogen and oxygen atoms in total. The topological polar surface area (TPSA) is 131 Å². The second-order valence-corrected chi connectivity index (χ2v) is 4.80. The lowest BCUT2D eigenvalue weighted by Crippen LogP contribution is -2.20. The summed E-state index contributed by atoms with van der Waals surface area (Å²) in [5.41, 5.74) is 1.30. The van der Waals surface area contributed by atoms with E-state index in [1.807, 2.05) is 0 Å². The minimum atomic E-state index is -1.03. The zero-order valence-corrected chi connectivity index (χ0v) is 13.1. The van der Waals surface area contributed by atoms with Crippen LogP contribution < -0.4 is 5.32 Å². The van der Waals surface area contributed by atoms with Gasteiger partial charge in [0.1, 0.15) is 13.2 Å². The Morgan fingerprint density at radius 3 is 2.33 bits per heavy atom. The maximum absolute atomic E-state index is 11.8. The van der Waals surface area contributed by atoms with Crippen molar-refractivity contribution in [3.05, 3.63) is 29.3 Å². The molecule has 24 heavy (non-hydrogen) atoms. The number of amides is 1. The predicted molar refractivity (Wildman–Crippen MR) is 81.5 cm³/mol. The third-order valence-electron chi connectivity index (χ3n) is 2.82. The fourth-order valence-electron chi connectivity index (χ4n) is 1.91. The zero-order valence-electron chi connectivity index (χ0n) is 13.1. The number of methoxy groups -OCH3 is 1. The van der Waals surface area contributed by atoms with Crippen LogP contribution in [0.1, 0.15) is 11.1 Å². The van der Waals surface area contributed by atoms with E-state index < -0.39 is 17.8 Å². The quantitative estimate of drug-likeness (QED) is 0.242. The number of carboxylic acid groups (broad SMARTS) is 1. The van der Waals surface area contributed by atoms with Gasteiger partial charge >= 0.3 is 11.9 Å². The highest BCUT2D eigenvalue weighted by atomic mass is 17.1. The van der Waals surface area contributed by atoms with Gasteiger partial charge in [-0.15, -0.1) is 0 Å². The first-order chi connectivity index (χ1) is 11.4. The van der Waals surface area contributed by atoms with Crippen molar-refractivity contribution in [3.8, 4) is 0 Å². The van der Waals surface area contributed by atoms with Crippen LogP contribution in [0.15, 0.2) is 18.2 Å². The average Bonchev–Trinajstić information content (AvgIpc) is 2.50. The van der Waals surface area contributed by atoms with Gasteiger partial charge in [-0.25, -0.2) is 4.89 Å². The number of esters is 1. The number of carbonyl (C=O) groups excluding carboxylic acids is 2. The third kappa shape index (κ3) is 7.68. The molecule has 0 aliphatic carbocycles. The van der Waals surface area contributed by atoms with Crippen molar-refractivity contribution in [2.24, 2.45) is 0 Å². The van der Waals surface area contributed by atoms with Crippen LogP contribution in [0.5, 0.6) is 0 Å². The molecule has 0 fully saturated rings. The van der Waals surface area contributed by atoms with Gasteiger partial charge in [-0.3, -0.25) is 19.6 Å². The van der Waals surface area contributed by atoms with E-state index in [0.29, 0.717) is 16.8 Å². The number of hydrogen-bond donors (Lipinski definition) is 3. The molecule has 0 spiro atoms. The standard InChI is InChI=1S/C15H19NO8/c1-22-15(20)8-11-4-10(7-14(18)19)5-12(6-11)16-13(17)9-23-2-3-24-21/h4-6,21H,2-3,7-9H2,1H3,(H,16,17)(H,18,19). The van der Waals surface area contributed by atoms with E-state index in [4.69, 9.17) is 15.1 Å². The summed E-state index contributed by atoms with van der Waals surface area (Å²) in [5, 5.41) is 19.6. The van der Waals surface area contributed by atoms with Gasteiger partial charge in [-0.1, -0.05) is 6.07 Å². The first kappa shape index (κ1) is 19.6. The molecule has 0 radical (unpaired) electrons. The minimum absolute atomic E-state index is 0.0383.